The third kappa shape index (κ3) is 3.72. The van der Waals surface area contributed by atoms with E-state index in [0.717, 1.165) is 48.5 Å². The minimum atomic E-state index is -0.0889. The van der Waals surface area contributed by atoms with Gasteiger partial charge in [-0.25, -0.2) is 4.98 Å². The molecular weight excluding hydrogens is 404 g/mol. The monoisotopic (exact) mass is 432 g/mol. The van der Waals surface area contributed by atoms with Gasteiger partial charge in [0.2, 0.25) is 11.8 Å². The van der Waals surface area contributed by atoms with Gasteiger partial charge in [0.1, 0.15) is 18.1 Å². The van der Waals surface area contributed by atoms with Crippen molar-refractivity contribution >= 4 is 28.5 Å². The number of fused-ring (bicyclic) bond motifs is 1. The van der Waals surface area contributed by atoms with Crippen LogP contribution in [0.1, 0.15) is 37.4 Å². The summed E-state index contributed by atoms with van der Waals surface area (Å²) in [5.41, 5.74) is 2.57. The molecule has 2 aromatic carbocycles. The number of piperidine rings is 1. The number of amides is 2. The number of anilines is 1. The second kappa shape index (κ2) is 8.65. The van der Waals surface area contributed by atoms with Crippen molar-refractivity contribution in [2.75, 3.05) is 31.6 Å². The summed E-state index contributed by atoms with van der Waals surface area (Å²) in [6.07, 6.45) is 3.67. The average molecular weight is 433 g/mol. The lowest BCUT2D eigenvalue weighted by molar-refractivity contribution is -0.132. The summed E-state index contributed by atoms with van der Waals surface area (Å²) in [5.74, 6) is 1.56. The van der Waals surface area contributed by atoms with Crippen LogP contribution in [0, 0.1) is 0 Å². The first-order valence-corrected chi connectivity index (χ1v) is 11.3. The van der Waals surface area contributed by atoms with Crippen molar-refractivity contribution < 1.29 is 14.3 Å². The Hall–Kier alpha value is -3.35. The third-order valence-corrected chi connectivity index (χ3v) is 6.55. The molecule has 166 valence electrons. The molecule has 0 N–H and O–H groups in total. The van der Waals surface area contributed by atoms with Gasteiger partial charge < -0.3 is 19.1 Å². The van der Waals surface area contributed by atoms with Gasteiger partial charge >= 0.3 is 0 Å². The van der Waals surface area contributed by atoms with Crippen LogP contribution in [0.25, 0.3) is 11.0 Å². The minimum Gasteiger partial charge on any atom is -0.495 e. The van der Waals surface area contributed by atoms with Crippen molar-refractivity contribution in [2.45, 2.75) is 38.1 Å². The lowest BCUT2D eigenvalue weighted by Crippen LogP contribution is -2.38. The number of benzene rings is 2. The Balaban J connectivity index is 1.47. The lowest BCUT2D eigenvalue weighted by Gasteiger charge is -2.27. The van der Waals surface area contributed by atoms with Gasteiger partial charge in [-0.15, -0.1) is 0 Å². The Bertz CT molecular complexity index is 1150. The normalized spacial score (nSPS) is 19.0. The average Bonchev–Trinajstić information content (AvgIpc) is 3.40. The molecule has 7 heteroatoms. The molecule has 0 bridgehead atoms. The van der Waals surface area contributed by atoms with Crippen LogP contribution in [0.5, 0.6) is 5.75 Å². The topological polar surface area (TPSA) is 67.7 Å². The molecule has 2 fully saturated rings. The van der Waals surface area contributed by atoms with E-state index in [1.807, 2.05) is 58.0 Å². The maximum atomic E-state index is 13.1. The van der Waals surface area contributed by atoms with Crippen LogP contribution >= 0.6 is 0 Å². The quantitative estimate of drug-likeness (QED) is 0.618. The number of aromatic nitrogens is 2. The molecule has 3 aromatic rings. The number of methoxy groups -OCH3 is 1. The Labute approximate surface area is 187 Å². The summed E-state index contributed by atoms with van der Waals surface area (Å²) < 4.78 is 7.50. The van der Waals surface area contributed by atoms with Gasteiger partial charge in [0.05, 0.1) is 23.8 Å². The van der Waals surface area contributed by atoms with Crippen LogP contribution < -0.4 is 9.64 Å². The summed E-state index contributed by atoms with van der Waals surface area (Å²) in [6, 6.07) is 15.5. The van der Waals surface area contributed by atoms with Gasteiger partial charge in [-0.1, -0.05) is 24.3 Å². The van der Waals surface area contributed by atoms with Crippen LogP contribution in [-0.4, -0.2) is 53.0 Å². The highest BCUT2D eigenvalue weighted by molar-refractivity contribution is 5.98. The van der Waals surface area contributed by atoms with E-state index in [1.54, 1.807) is 12.0 Å². The molecule has 7 nitrogen and oxygen atoms in total. The second-order valence-corrected chi connectivity index (χ2v) is 8.56. The van der Waals surface area contributed by atoms with E-state index in [2.05, 4.69) is 0 Å². The predicted octanol–water partition coefficient (Wildman–Crippen LogP) is 3.58. The first-order chi connectivity index (χ1) is 15.7. The summed E-state index contributed by atoms with van der Waals surface area (Å²) in [7, 11) is 1.61. The van der Waals surface area contributed by atoms with E-state index in [-0.39, 0.29) is 24.3 Å². The number of carbonyl (C=O) groups is 2. The zero-order chi connectivity index (χ0) is 22.1. The standard InChI is InChI=1S/C25H28N4O3/c1-32-22-12-6-5-11-21(22)28-16-18(15-23(28)30)25-26-19-9-3-4-10-20(19)29(25)17-24(31)27-13-7-2-8-14-27/h3-6,9-12,18H,2,7-8,13-17H2,1H3/t18-/m0/s1. The first-order valence-electron chi connectivity index (χ1n) is 11.3. The minimum absolute atomic E-state index is 0.0421. The van der Waals surface area contributed by atoms with Gasteiger partial charge in [-0.05, 0) is 43.5 Å². The molecule has 32 heavy (non-hydrogen) atoms. The van der Waals surface area contributed by atoms with E-state index in [0.29, 0.717) is 18.7 Å². The van der Waals surface area contributed by atoms with Gasteiger partial charge in [-0.2, -0.15) is 0 Å². The number of hydrogen-bond donors (Lipinski definition) is 0. The Morgan fingerprint density at radius 3 is 2.62 bits per heavy atom. The van der Waals surface area contributed by atoms with Crippen LogP contribution in [0.15, 0.2) is 48.5 Å². The van der Waals surface area contributed by atoms with Crippen LogP contribution in [0.4, 0.5) is 5.69 Å². The highest BCUT2D eigenvalue weighted by Gasteiger charge is 2.36. The maximum Gasteiger partial charge on any atom is 0.242 e. The van der Waals surface area contributed by atoms with Crippen LogP contribution in [0.3, 0.4) is 0 Å². The number of imidazole rings is 1. The molecule has 0 radical (unpaired) electrons. The fourth-order valence-electron chi connectivity index (χ4n) is 4.92. The van der Waals surface area contributed by atoms with Crippen molar-refractivity contribution in [3.63, 3.8) is 0 Å². The number of carbonyl (C=O) groups excluding carboxylic acids is 2. The van der Waals surface area contributed by atoms with Gasteiger partial charge in [0.25, 0.3) is 0 Å². The van der Waals surface area contributed by atoms with Gasteiger partial charge in [-0.3, -0.25) is 9.59 Å². The molecule has 1 aromatic heterocycles. The Kier molecular flexibility index (Phi) is 5.55. The summed E-state index contributed by atoms with van der Waals surface area (Å²) >= 11 is 0. The smallest absolute Gasteiger partial charge is 0.242 e. The molecule has 2 aliphatic heterocycles. The maximum absolute atomic E-state index is 13.1. The predicted molar refractivity (Wildman–Crippen MR) is 123 cm³/mol. The molecular formula is C25H28N4O3. The lowest BCUT2D eigenvalue weighted by atomic mass is 10.1. The molecule has 3 heterocycles. The van der Waals surface area contributed by atoms with E-state index in [4.69, 9.17) is 9.72 Å². The molecule has 1 atom stereocenters. The summed E-state index contributed by atoms with van der Waals surface area (Å²) in [6.45, 7) is 2.42. The van der Waals surface area contributed by atoms with Crippen molar-refractivity contribution in [3.8, 4) is 5.75 Å². The molecule has 2 saturated heterocycles. The largest absolute Gasteiger partial charge is 0.495 e. The molecule has 0 unspecified atom stereocenters. The Morgan fingerprint density at radius 1 is 1.06 bits per heavy atom. The van der Waals surface area contributed by atoms with E-state index < -0.39 is 0 Å². The van der Waals surface area contributed by atoms with Gasteiger partial charge in [0.15, 0.2) is 0 Å². The number of para-hydroxylation sites is 4. The number of nitrogens with zero attached hydrogens (tertiary/aromatic N) is 4. The van der Waals surface area contributed by atoms with E-state index >= 15 is 0 Å². The highest BCUT2D eigenvalue weighted by Crippen LogP contribution is 2.37. The van der Waals surface area contributed by atoms with E-state index in [1.165, 1.54) is 6.42 Å². The molecule has 2 amide bonds. The number of hydrogen-bond acceptors (Lipinski definition) is 4. The van der Waals surface area contributed by atoms with Gasteiger partial charge in [0, 0.05) is 32.0 Å². The number of likely N-dealkylation sites (tertiary alicyclic amines) is 1. The fourth-order valence-corrected chi connectivity index (χ4v) is 4.92. The SMILES string of the molecule is COc1ccccc1N1C[C@@H](c2nc3ccccc3n2CC(=O)N2CCCCC2)CC1=O. The molecule has 0 aliphatic carbocycles. The van der Waals surface area contributed by atoms with Crippen molar-refractivity contribution in [1.29, 1.82) is 0 Å². The number of rotatable bonds is 5. The summed E-state index contributed by atoms with van der Waals surface area (Å²) in [5, 5.41) is 0. The second-order valence-electron chi connectivity index (χ2n) is 8.56. The summed E-state index contributed by atoms with van der Waals surface area (Å²) in [4.78, 5) is 34.7. The zero-order valence-corrected chi connectivity index (χ0v) is 18.4. The third-order valence-electron chi connectivity index (χ3n) is 6.55. The Morgan fingerprint density at radius 2 is 1.81 bits per heavy atom. The molecule has 2 aliphatic rings. The van der Waals surface area contributed by atoms with E-state index in [9.17, 15) is 9.59 Å². The first kappa shape index (κ1) is 20.5. The van der Waals surface area contributed by atoms with Crippen molar-refractivity contribution in [1.82, 2.24) is 14.5 Å². The van der Waals surface area contributed by atoms with Crippen LogP contribution in [0.2, 0.25) is 0 Å². The van der Waals surface area contributed by atoms with Crippen LogP contribution in [-0.2, 0) is 16.1 Å². The highest BCUT2D eigenvalue weighted by atomic mass is 16.5. The molecule has 0 saturated carbocycles. The zero-order valence-electron chi connectivity index (χ0n) is 18.4. The van der Waals surface area contributed by atoms with Crippen molar-refractivity contribution in [3.05, 3.63) is 54.4 Å². The fraction of sp³-hybridized carbons (Fsp3) is 0.400. The molecule has 0 spiro atoms. The number of ether oxygens (including phenoxy) is 1. The molecule has 5 rings (SSSR count). The van der Waals surface area contributed by atoms with Crippen molar-refractivity contribution in [2.24, 2.45) is 0 Å².